The van der Waals surface area contributed by atoms with E-state index < -0.39 is 10.1 Å². The summed E-state index contributed by atoms with van der Waals surface area (Å²) in [6.07, 6.45) is 23.6. The van der Waals surface area contributed by atoms with Gasteiger partial charge < -0.3 is 0 Å². The first-order valence-corrected chi connectivity index (χ1v) is 16.0. The first-order chi connectivity index (χ1) is 16.8. The molecule has 3 nitrogen and oxygen atoms in total. The Bertz CT molecular complexity index is 666. The van der Waals surface area contributed by atoms with E-state index >= 15 is 0 Å². The largest absolute Gasteiger partial charge is 0.286 e. The fraction of sp³-hybridized carbons (Fsp3) is 0.677. The minimum atomic E-state index is -3.67. The molecule has 0 atom stereocenters. The van der Waals surface area contributed by atoms with Gasteiger partial charge in [-0.05, 0) is 10.8 Å². The van der Waals surface area contributed by atoms with E-state index in [0.717, 1.165) is 0 Å². The molecule has 0 fully saturated rings. The van der Waals surface area contributed by atoms with Crippen molar-refractivity contribution in [1.29, 1.82) is 0 Å². The summed E-state index contributed by atoms with van der Waals surface area (Å²) < 4.78 is 25.9. The number of unbranched alkanes of at least 4 members (excludes halogenated alkanes) is 14. The van der Waals surface area contributed by atoms with Gasteiger partial charge in [-0.3, -0.25) is 4.55 Å². The Kier molecular flexibility index (Phi) is 27.8. The van der Waals surface area contributed by atoms with E-state index in [9.17, 15) is 8.42 Å². The maximum Gasteiger partial charge on any atom is 0.261 e. The molecule has 204 valence electrons. The maximum atomic E-state index is 9.19. The van der Waals surface area contributed by atoms with Crippen molar-refractivity contribution < 1.29 is 13.0 Å². The Morgan fingerprint density at radius 2 is 0.657 bits per heavy atom. The van der Waals surface area contributed by atoms with Crippen molar-refractivity contribution in [3.8, 4) is 0 Å². The highest BCUT2D eigenvalue weighted by molar-refractivity contribution is 7.85. The number of hydrogen-bond donors (Lipinski definition) is 1. The van der Waals surface area contributed by atoms with Gasteiger partial charge in [-0.15, -0.1) is 0 Å². The Hall–Kier alpha value is -1.39. The molecule has 2 aromatic carbocycles. The van der Waals surface area contributed by atoms with Gasteiger partial charge in [0.2, 0.25) is 0 Å². The summed E-state index contributed by atoms with van der Waals surface area (Å²) in [6.45, 7) is 9.08. The van der Waals surface area contributed by atoms with Crippen molar-refractivity contribution in [1.82, 2.24) is 0 Å². The molecule has 0 amide bonds. The van der Waals surface area contributed by atoms with Gasteiger partial charge in [-0.1, -0.05) is 179 Å². The summed E-state index contributed by atoms with van der Waals surface area (Å²) in [5, 5.41) is 2.62. The lowest BCUT2D eigenvalue weighted by molar-refractivity contribution is 0.490. The van der Waals surface area contributed by atoms with Crippen LogP contribution in [0.3, 0.4) is 0 Å². The van der Waals surface area contributed by atoms with Gasteiger partial charge in [0.25, 0.3) is 10.1 Å². The van der Waals surface area contributed by atoms with Gasteiger partial charge in [0.1, 0.15) is 0 Å². The molecule has 0 spiro atoms. The third-order valence-corrected chi connectivity index (χ3v) is 5.57. The standard InChI is InChI=1S/C10H8.2C10H22.CH4O3S/c1-2-6-10-8-4-3-7-9(10)5-1;2*1-3-5-7-9-10-8-6-4-2;1-5(2,3)4/h1-8H;2*3-10H2,1-2H3;1H3,(H,2,3,4). The smallest absolute Gasteiger partial charge is 0.261 e. The van der Waals surface area contributed by atoms with Crippen LogP contribution in [0.1, 0.15) is 130 Å². The van der Waals surface area contributed by atoms with Gasteiger partial charge in [0, 0.05) is 0 Å². The van der Waals surface area contributed by atoms with Crippen molar-refractivity contribution in [3.63, 3.8) is 0 Å². The van der Waals surface area contributed by atoms with E-state index in [2.05, 4.69) is 76.2 Å². The van der Waals surface area contributed by atoms with E-state index in [1.165, 1.54) is 114 Å². The Morgan fingerprint density at radius 3 is 0.829 bits per heavy atom. The van der Waals surface area contributed by atoms with E-state index in [-0.39, 0.29) is 0 Å². The molecule has 1 N–H and O–H groups in total. The monoisotopic (exact) mass is 508 g/mol. The van der Waals surface area contributed by atoms with Crippen LogP contribution >= 0.6 is 0 Å². The highest BCUT2D eigenvalue weighted by Crippen LogP contribution is 2.11. The third-order valence-electron chi connectivity index (χ3n) is 5.57. The molecule has 0 heterocycles. The molecule has 4 heteroatoms. The lowest BCUT2D eigenvalue weighted by atomic mass is 10.1. The van der Waals surface area contributed by atoms with Crippen LogP contribution < -0.4 is 0 Å². The summed E-state index contributed by atoms with van der Waals surface area (Å²) in [6, 6.07) is 16.7. The molecular formula is C31H56O3S. The van der Waals surface area contributed by atoms with Crippen molar-refractivity contribution in [2.24, 2.45) is 0 Å². The first kappa shape index (κ1) is 35.8. The summed E-state index contributed by atoms with van der Waals surface area (Å²) in [7, 11) is -3.67. The zero-order valence-corrected chi connectivity index (χ0v) is 24.4. The molecule has 0 unspecified atom stereocenters. The van der Waals surface area contributed by atoms with Gasteiger partial charge >= 0.3 is 0 Å². The van der Waals surface area contributed by atoms with E-state index in [1.54, 1.807) is 0 Å². The fourth-order valence-corrected chi connectivity index (χ4v) is 3.55. The summed E-state index contributed by atoms with van der Waals surface area (Å²) in [4.78, 5) is 0. The highest BCUT2D eigenvalue weighted by Gasteiger charge is 1.89. The van der Waals surface area contributed by atoms with Gasteiger partial charge in [0.15, 0.2) is 0 Å². The average Bonchev–Trinajstić information content (AvgIpc) is 2.83. The van der Waals surface area contributed by atoms with Crippen LogP contribution in [0.25, 0.3) is 10.8 Å². The molecule has 2 rings (SSSR count). The summed E-state index contributed by atoms with van der Waals surface area (Å²) in [5.74, 6) is 0. The molecule has 0 radical (unpaired) electrons. The SMILES string of the molecule is CCCCCCCCCC.CCCCCCCCCC.CS(=O)(=O)O.c1ccc2ccccc2c1. The second-order valence-electron chi connectivity index (χ2n) is 9.32. The lowest BCUT2D eigenvalue weighted by Gasteiger charge is -1.97. The quantitative estimate of drug-likeness (QED) is 0.204. The zero-order chi connectivity index (χ0) is 26.6. The fourth-order valence-electron chi connectivity index (χ4n) is 3.55. The average molecular weight is 509 g/mol. The predicted molar refractivity (Wildman–Crippen MR) is 158 cm³/mol. The van der Waals surface area contributed by atoms with E-state index in [0.29, 0.717) is 6.26 Å². The van der Waals surface area contributed by atoms with Crippen LogP contribution in [0.2, 0.25) is 0 Å². The topological polar surface area (TPSA) is 54.4 Å². The third kappa shape index (κ3) is 32.6. The van der Waals surface area contributed by atoms with Crippen LogP contribution in [0.5, 0.6) is 0 Å². The number of rotatable bonds is 14. The predicted octanol–water partition coefficient (Wildman–Crippen LogP) is 10.6. The van der Waals surface area contributed by atoms with Gasteiger partial charge in [-0.2, -0.15) is 8.42 Å². The molecule has 0 aromatic heterocycles. The number of hydrogen-bond acceptors (Lipinski definition) is 2. The summed E-state index contributed by atoms with van der Waals surface area (Å²) >= 11 is 0. The first-order valence-electron chi connectivity index (χ1n) is 14.2. The second-order valence-corrected chi connectivity index (χ2v) is 10.8. The second kappa shape index (κ2) is 27.2. The molecule has 0 aliphatic heterocycles. The summed E-state index contributed by atoms with van der Waals surface area (Å²) in [5.41, 5.74) is 0. The molecule has 0 aliphatic rings. The molecule has 2 aromatic rings. The van der Waals surface area contributed by atoms with Crippen LogP contribution in [0.15, 0.2) is 48.5 Å². The normalized spacial score (nSPS) is 10.3. The lowest BCUT2D eigenvalue weighted by Crippen LogP contribution is -1.88. The van der Waals surface area contributed by atoms with E-state index in [1.807, 2.05) is 0 Å². The minimum absolute atomic E-state index is 0.715. The Morgan fingerprint density at radius 1 is 0.486 bits per heavy atom. The van der Waals surface area contributed by atoms with Gasteiger partial charge in [-0.25, -0.2) is 0 Å². The molecular weight excluding hydrogens is 452 g/mol. The highest BCUT2D eigenvalue weighted by atomic mass is 32.2. The molecule has 35 heavy (non-hydrogen) atoms. The van der Waals surface area contributed by atoms with Crippen LogP contribution in [-0.2, 0) is 10.1 Å². The van der Waals surface area contributed by atoms with Crippen LogP contribution in [0, 0.1) is 0 Å². The van der Waals surface area contributed by atoms with Crippen molar-refractivity contribution in [3.05, 3.63) is 48.5 Å². The Labute approximate surface area is 218 Å². The molecule has 0 saturated heterocycles. The number of benzene rings is 2. The minimum Gasteiger partial charge on any atom is -0.286 e. The van der Waals surface area contributed by atoms with Crippen molar-refractivity contribution >= 4 is 20.9 Å². The van der Waals surface area contributed by atoms with Crippen LogP contribution in [-0.4, -0.2) is 19.2 Å². The zero-order valence-electron chi connectivity index (χ0n) is 23.6. The molecule has 0 bridgehead atoms. The maximum absolute atomic E-state index is 9.19. The van der Waals surface area contributed by atoms with E-state index in [4.69, 9.17) is 4.55 Å². The molecule has 0 aliphatic carbocycles. The van der Waals surface area contributed by atoms with Crippen molar-refractivity contribution in [2.75, 3.05) is 6.26 Å². The van der Waals surface area contributed by atoms with Crippen molar-refractivity contribution in [2.45, 2.75) is 130 Å². The molecule has 0 saturated carbocycles. The van der Waals surface area contributed by atoms with Gasteiger partial charge in [0.05, 0.1) is 6.26 Å². The van der Waals surface area contributed by atoms with Crippen LogP contribution in [0.4, 0.5) is 0 Å². The Balaban J connectivity index is 0. The number of fused-ring (bicyclic) bond motifs is 1.